The molecule has 1 heterocycles. The molecule has 1 aliphatic rings. The number of hydrogen-bond donors (Lipinski definition) is 1. The first-order chi connectivity index (χ1) is 17.7. The highest BCUT2D eigenvalue weighted by Gasteiger charge is 2.42. The summed E-state index contributed by atoms with van der Waals surface area (Å²) in [7, 11) is 1.61. The summed E-state index contributed by atoms with van der Waals surface area (Å²) in [5, 5.41) is 9.84. The smallest absolute Gasteiger partial charge is 0.341 e. The molecular formula is C29H27BrClFO5. The van der Waals surface area contributed by atoms with Gasteiger partial charge in [0.15, 0.2) is 6.61 Å². The molecule has 0 bridgehead atoms. The van der Waals surface area contributed by atoms with Gasteiger partial charge in [-0.3, -0.25) is 0 Å². The SMILES string of the molecule is C=C(C)[C@H]1C[C@H](c2ccc(Cl)cc2)[C@H](c2ccc(OC)cc2)O[C@@H]1c1cc(F)cc(Br)c1OCC(=O)O. The molecule has 5 nitrogen and oxygen atoms in total. The van der Waals surface area contributed by atoms with Crippen molar-refractivity contribution >= 4 is 33.5 Å². The monoisotopic (exact) mass is 588 g/mol. The number of hydrogen-bond acceptors (Lipinski definition) is 4. The maximum Gasteiger partial charge on any atom is 0.341 e. The molecule has 194 valence electrons. The van der Waals surface area contributed by atoms with Gasteiger partial charge < -0.3 is 19.3 Å². The molecule has 0 unspecified atom stereocenters. The van der Waals surface area contributed by atoms with Crippen molar-refractivity contribution in [1.82, 2.24) is 0 Å². The number of carbonyl (C=O) groups is 1. The van der Waals surface area contributed by atoms with Crippen LogP contribution in [0.4, 0.5) is 4.39 Å². The van der Waals surface area contributed by atoms with Crippen LogP contribution in [0, 0.1) is 11.7 Å². The van der Waals surface area contributed by atoms with Crippen molar-refractivity contribution < 1.29 is 28.5 Å². The Morgan fingerprint density at radius 2 is 1.78 bits per heavy atom. The van der Waals surface area contributed by atoms with Crippen molar-refractivity contribution in [3.8, 4) is 11.5 Å². The summed E-state index contributed by atoms with van der Waals surface area (Å²) in [5.41, 5.74) is 3.27. The van der Waals surface area contributed by atoms with Gasteiger partial charge in [0.25, 0.3) is 0 Å². The average molecular weight is 590 g/mol. The lowest BCUT2D eigenvalue weighted by Crippen LogP contribution is -2.32. The van der Waals surface area contributed by atoms with Crippen LogP contribution in [-0.4, -0.2) is 24.8 Å². The Kier molecular flexibility index (Phi) is 8.57. The minimum atomic E-state index is -1.14. The molecule has 1 N–H and O–H groups in total. The number of aliphatic carboxylic acids is 1. The van der Waals surface area contributed by atoms with Gasteiger partial charge in [0.05, 0.1) is 23.8 Å². The molecule has 37 heavy (non-hydrogen) atoms. The van der Waals surface area contributed by atoms with Crippen LogP contribution in [0.1, 0.15) is 48.2 Å². The fraction of sp³-hybridized carbons (Fsp3) is 0.276. The van der Waals surface area contributed by atoms with Crippen LogP contribution in [0.5, 0.6) is 11.5 Å². The lowest BCUT2D eigenvalue weighted by atomic mass is 9.74. The van der Waals surface area contributed by atoms with Crippen LogP contribution in [-0.2, 0) is 9.53 Å². The maximum atomic E-state index is 14.7. The zero-order valence-corrected chi connectivity index (χ0v) is 22.8. The van der Waals surface area contributed by atoms with Gasteiger partial charge in [-0.15, -0.1) is 0 Å². The van der Waals surface area contributed by atoms with E-state index < -0.39 is 30.6 Å². The Balaban J connectivity index is 1.83. The van der Waals surface area contributed by atoms with Crippen LogP contribution >= 0.6 is 27.5 Å². The second-order valence-electron chi connectivity index (χ2n) is 9.09. The van der Waals surface area contributed by atoms with Crippen LogP contribution in [0.15, 0.2) is 77.3 Å². The summed E-state index contributed by atoms with van der Waals surface area (Å²) in [6.45, 7) is 5.55. The van der Waals surface area contributed by atoms with Gasteiger partial charge >= 0.3 is 5.97 Å². The molecule has 4 rings (SSSR count). The van der Waals surface area contributed by atoms with Gasteiger partial charge in [-0.2, -0.15) is 0 Å². The molecule has 0 aliphatic carbocycles. The summed E-state index contributed by atoms with van der Waals surface area (Å²) in [6.07, 6.45) is -0.379. The topological polar surface area (TPSA) is 65.0 Å². The van der Waals surface area contributed by atoms with Crippen molar-refractivity contribution in [2.24, 2.45) is 5.92 Å². The van der Waals surface area contributed by atoms with Gasteiger partial charge in [-0.1, -0.05) is 48.0 Å². The van der Waals surface area contributed by atoms with Crippen LogP contribution in [0.25, 0.3) is 0 Å². The molecule has 0 saturated carbocycles. The molecule has 0 amide bonds. The van der Waals surface area contributed by atoms with Gasteiger partial charge in [0.2, 0.25) is 0 Å². The first kappa shape index (κ1) is 27.2. The molecule has 3 aromatic rings. The second-order valence-corrected chi connectivity index (χ2v) is 10.4. The predicted molar refractivity (Wildman–Crippen MR) is 144 cm³/mol. The van der Waals surface area contributed by atoms with E-state index >= 15 is 0 Å². The maximum absolute atomic E-state index is 14.7. The lowest BCUT2D eigenvalue weighted by Gasteiger charge is -2.43. The second kappa shape index (κ2) is 11.7. The van der Waals surface area contributed by atoms with Crippen LogP contribution < -0.4 is 9.47 Å². The summed E-state index contributed by atoms with van der Waals surface area (Å²) < 4.78 is 32.7. The van der Waals surface area contributed by atoms with E-state index in [0.29, 0.717) is 21.5 Å². The lowest BCUT2D eigenvalue weighted by molar-refractivity contribution is -0.139. The summed E-state index contributed by atoms with van der Waals surface area (Å²) in [4.78, 5) is 11.2. The van der Waals surface area contributed by atoms with E-state index in [1.807, 2.05) is 55.5 Å². The minimum absolute atomic E-state index is 0.0519. The van der Waals surface area contributed by atoms with Crippen molar-refractivity contribution in [1.29, 1.82) is 0 Å². The van der Waals surface area contributed by atoms with E-state index in [1.54, 1.807) is 7.11 Å². The quantitative estimate of drug-likeness (QED) is 0.271. The van der Waals surface area contributed by atoms with E-state index in [-0.39, 0.29) is 17.6 Å². The first-order valence-corrected chi connectivity index (χ1v) is 12.9. The van der Waals surface area contributed by atoms with Gasteiger partial charge in [0.1, 0.15) is 17.3 Å². The zero-order chi connectivity index (χ0) is 26.7. The molecule has 8 heteroatoms. The summed E-state index contributed by atoms with van der Waals surface area (Å²) >= 11 is 9.50. The first-order valence-electron chi connectivity index (χ1n) is 11.7. The van der Waals surface area contributed by atoms with Gasteiger partial charge in [0, 0.05) is 22.4 Å². The Labute approximate surface area is 228 Å². The number of methoxy groups -OCH3 is 1. The standard InChI is InChI=1S/C29H27BrClFO5/c1-16(2)22-14-23(17-4-8-19(31)9-5-17)27(18-6-10-21(35-3)11-7-18)37-28(22)24-12-20(32)13-25(30)29(24)36-15-26(33)34/h4-13,22-23,27-28H,1,14-15H2,2-3H3,(H,33,34)/t22-,23-,27+,28+/m1/s1. The van der Waals surface area contributed by atoms with Crippen LogP contribution in [0.2, 0.25) is 5.02 Å². The fourth-order valence-electron chi connectivity index (χ4n) is 4.82. The van der Waals surface area contributed by atoms with Crippen molar-refractivity contribution in [2.45, 2.75) is 31.5 Å². The summed E-state index contributed by atoms with van der Waals surface area (Å²) in [6, 6.07) is 17.9. The number of carboxylic acid groups (broad SMARTS) is 1. The fourth-order valence-corrected chi connectivity index (χ4v) is 5.51. The molecule has 1 fully saturated rings. The normalized spacial score (nSPS) is 21.3. The third kappa shape index (κ3) is 6.17. The number of ether oxygens (including phenoxy) is 3. The minimum Gasteiger partial charge on any atom is -0.497 e. The molecular weight excluding hydrogens is 563 g/mol. The third-order valence-electron chi connectivity index (χ3n) is 6.59. The number of halogens is 3. The van der Waals surface area contributed by atoms with Gasteiger partial charge in [-0.25, -0.2) is 9.18 Å². The molecule has 0 spiro atoms. The van der Waals surface area contributed by atoms with Gasteiger partial charge in [-0.05, 0) is 76.8 Å². The van der Waals surface area contributed by atoms with E-state index in [2.05, 4.69) is 22.5 Å². The Morgan fingerprint density at radius 1 is 1.14 bits per heavy atom. The number of benzene rings is 3. The predicted octanol–water partition coefficient (Wildman–Crippen LogP) is 7.89. The van der Waals surface area contributed by atoms with Crippen molar-refractivity contribution in [3.05, 3.63) is 105 Å². The molecule has 0 radical (unpaired) electrons. The Morgan fingerprint density at radius 3 is 2.38 bits per heavy atom. The average Bonchev–Trinajstić information content (AvgIpc) is 2.87. The number of carboxylic acids is 1. The molecule has 1 saturated heterocycles. The zero-order valence-electron chi connectivity index (χ0n) is 20.4. The van der Waals surface area contributed by atoms with Crippen molar-refractivity contribution in [2.75, 3.05) is 13.7 Å². The molecule has 3 aromatic carbocycles. The highest BCUT2D eigenvalue weighted by Crippen LogP contribution is 2.54. The van der Waals surface area contributed by atoms with E-state index in [1.165, 1.54) is 12.1 Å². The third-order valence-corrected chi connectivity index (χ3v) is 7.43. The highest BCUT2D eigenvalue weighted by atomic mass is 79.9. The Hall–Kier alpha value is -2.87. The molecule has 4 atom stereocenters. The van der Waals surface area contributed by atoms with E-state index in [9.17, 15) is 14.3 Å². The molecule has 0 aromatic heterocycles. The largest absolute Gasteiger partial charge is 0.497 e. The molecule has 1 aliphatic heterocycles. The Bertz CT molecular complexity index is 1280. The van der Waals surface area contributed by atoms with Crippen LogP contribution in [0.3, 0.4) is 0 Å². The van der Waals surface area contributed by atoms with E-state index in [0.717, 1.165) is 22.4 Å². The van der Waals surface area contributed by atoms with Crippen molar-refractivity contribution in [3.63, 3.8) is 0 Å². The number of rotatable bonds is 8. The summed E-state index contributed by atoms with van der Waals surface area (Å²) in [5.74, 6) is -0.924. The highest BCUT2D eigenvalue weighted by molar-refractivity contribution is 9.10. The van der Waals surface area contributed by atoms with E-state index in [4.69, 9.17) is 25.8 Å².